The molecule has 82 valence electrons. The second-order valence-electron chi connectivity index (χ2n) is 3.91. The third-order valence-corrected chi connectivity index (χ3v) is 2.98. The van der Waals surface area contributed by atoms with Crippen molar-refractivity contribution < 1.29 is 4.74 Å². The third-order valence-electron chi connectivity index (χ3n) is 2.70. The minimum atomic E-state index is 0.663. The zero-order valence-corrected chi connectivity index (χ0v) is 9.52. The zero-order chi connectivity index (χ0) is 10.7. The fraction of sp³-hybridized carbons (Fsp3) is 0.500. The number of ether oxygens (including phenoxy) is 1. The van der Waals surface area contributed by atoms with E-state index in [0.717, 1.165) is 36.6 Å². The van der Waals surface area contributed by atoms with Crippen LogP contribution in [0.3, 0.4) is 0 Å². The van der Waals surface area contributed by atoms with Crippen LogP contribution in [0.15, 0.2) is 12.1 Å². The van der Waals surface area contributed by atoms with Crippen molar-refractivity contribution >= 4 is 11.6 Å². The molecular weight excluding hydrogens is 210 g/mol. The summed E-state index contributed by atoms with van der Waals surface area (Å²) in [4.78, 5) is 0. The minimum absolute atomic E-state index is 0.663. The van der Waals surface area contributed by atoms with Gasteiger partial charge < -0.3 is 10.5 Å². The Morgan fingerprint density at radius 3 is 3.00 bits per heavy atom. The Morgan fingerprint density at radius 1 is 1.33 bits per heavy atom. The first-order valence-electron chi connectivity index (χ1n) is 5.45. The van der Waals surface area contributed by atoms with E-state index < -0.39 is 0 Å². The summed E-state index contributed by atoms with van der Waals surface area (Å²) in [6.07, 6.45) is 4.23. The Balaban J connectivity index is 2.35. The first-order chi connectivity index (χ1) is 7.31. The van der Waals surface area contributed by atoms with Crippen LogP contribution >= 0.6 is 11.6 Å². The summed E-state index contributed by atoms with van der Waals surface area (Å²) < 4.78 is 5.65. The molecule has 0 fully saturated rings. The van der Waals surface area contributed by atoms with E-state index in [1.807, 2.05) is 6.07 Å². The van der Waals surface area contributed by atoms with Crippen LogP contribution in [0.1, 0.15) is 24.0 Å². The Bertz CT molecular complexity index is 352. The van der Waals surface area contributed by atoms with Crippen molar-refractivity contribution in [3.8, 4) is 5.75 Å². The van der Waals surface area contributed by atoms with Crippen molar-refractivity contribution in [3.05, 3.63) is 28.3 Å². The van der Waals surface area contributed by atoms with Crippen LogP contribution in [0.5, 0.6) is 5.75 Å². The Labute approximate surface area is 95.4 Å². The maximum absolute atomic E-state index is 6.19. The van der Waals surface area contributed by atoms with Gasteiger partial charge in [-0.3, -0.25) is 0 Å². The van der Waals surface area contributed by atoms with E-state index in [0.29, 0.717) is 6.54 Å². The first kappa shape index (κ1) is 10.8. The van der Waals surface area contributed by atoms with Gasteiger partial charge in [-0.15, -0.1) is 0 Å². The highest BCUT2D eigenvalue weighted by molar-refractivity contribution is 6.32. The molecule has 2 nitrogen and oxygen atoms in total. The lowest BCUT2D eigenvalue weighted by atomic mass is 10.0. The molecule has 0 saturated carbocycles. The van der Waals surface area contributed by atoms with Crippen molar-refractivity contribution in [2.45, 2.75) is 25.7 Å². The van der Waals surface area contributed by atoms with Crippen molar-refractivity contribution in [1.82, 2.24) is 0 Å². The van der Waals surface area contributed by atoms with Crippen molar-refractivity contribution in [3.63, 3.8) is 0 Å². The molecule has 2 rings (SSSR count). The van der Waals surface area contributed by atoms with Crippen molar-refractivity contribution in [2.75, 3.05) is 13.2 Å². The minimum Gasteiger partial charge on any atom is -0.492 e. The molecule has 1 heterocycles. The van der Waals surface area contributed by atoms with Crippen molar-refractivity contribution in [2.24, 2.45) is 5.73 Å². The second-order valence-corrected chi connectivity index (χ2v) is 4.32. The predicted molar refractivity (Wildman–Crippen MR) is 62.6 cm³/mol. The molecule has 0 unspecified atom stereocenters. The Morgan fingerprint density at radius 2 is 2.20 bits per heavy atom. The van der Waals surface area contributed by atoms with E-state index >= 15 is 0 Å². The summed E-state index contributed by atoms with van der Waals surface area (Å²) in [6, 6.07) is 4.15. The maximum Gasteiger partial charge on any atom is 0.141 e. The highest BCUT2D eigenvalue weighted by atomic mass is 35.5. The SMILES string of the molecule is NCCc1cc(Cl)c2c(c1)CCCCO2. The molecule has 0 bridgehead atoms. The highest BCUT2D eigenvalue weighted by Gasteiger charge is 2.13. The molecule has 15 heavy (non-hydrogen) atoms. The summed E-state index contributed by atoms with van der Waals surface area (Å²) >= 11 is 6.19. The average molecular weight is 226 g/mol. The van der Waals surface area contributed by atoms with E-state index in [4.69, 9.17) is 22.1 Å². The highest BCUT2D eigenvalue weighted by Crippen LogP contribution is 2.33. The second kappa shape index (κ2) is 4.86. The van der Waals surface area contributed by atoms with E-state index in [2.05, 4.69) is 6.07 Å². The number of nitrogens with two attached hydrogens (primary N) is 1. The lowest BCUT2D eigenvalue weighted by molar-refractivity contribution is 0.317. The van der Waals surface area contributed by atoms with Gasteiger partial charge >= 0.3 is 0 Å². The van der Waals surface area contributed by atoms with Gasteiger partial charge in [0.2, 0.25) is 0 Å². The molecule has 2 N–H and O–H groups in total. The number of hydrogen-bond donors (Lipinski definition) is 1. The maximum atomic E-state index is 6.19. The molecule has 1 aliphatic rings. The lowest BCUT2D eigenvalue weighted by Crippen LogP contribution is -2.04. The molecule has 0 atom stereocenters. The normalized spacial score (nSPS) is 15.3. The van der Waals surface area contributed by atoms with E-state index in [-0.39, 0.29) is 0 Å². The van der Waals surface area contributed by atoms with Gasteiger partial charge in [-0.2, -0.15) is 0 Å². The summed E-state index contributed by atoms with van der Waals surface area (Å²) in [7, 11) is 0. The summed E-state index contributed by atoms with van der Waals surface area (Å²) in [6.45, 7) is 1.44. The van der Waals surface area contributed by atoms with Crippen LogP contribution in [0.25, 0.3) is 0 Å². The smallest absolute Gasteiger partial charge is 0.141 e. The molecule has 0 amide bonds. The van der Waals surface area contributed by atoms with Crippen LogP contribution in [-0.2, 0) is 12.8 Å². The summed E-state index contributed by atoms with van der Waals surface area (Å²) in [5.74, 6) is 0.884. The molecule has 1 aromatic carbocycles. The van der Waals surface area contributed by atoms with Crippen LogP contribution in [0, 0.1) is 0 Å². The van der Waals surface area contributed by atoms with Gasteiger partial charge in [0.05, 0.1) is 11.6 Å². The van der Waals surface area contributed by atoms with Crippen LogP contribution in [-0.4, -0.2) is 13.2 Å². The molecule has 0 spiro atoms. The van der Waals surface area contributed by atoms with Gasteiger partial charge in [0.15, 0.2) is 0 Å². The van der Waals surface area contributed by atoms with Gasteiger partial charge in [-0.05, 0) is 49.4 Å². The van der Waals surface area contributed by atoms with Crippen LogP contribution in [0.2, 0.25) is 5.02 Å². The summed E-state index contributed by atoms with van der Waals surface area (Å²) in [5.41, 5.74) is 8.00. The topological polar surface area (TPSA) is 35.2 Å². The molecule has 1 aliphatic heterocycles. The molecule has 0 radical (unpaired) electrons. The van der Waals surface area contributed by atoms with Crippen LogP contribution < -0.4 is 10.5 Å². The Hall–Kier alpha value is -0.730. The van der Waals surface area contributed by atoms with Gasteiger partial charge in [-0.25, -0.2) is 0 Å². The number of halogens is 1. The largest absolute Gasteiger partial charge is 0.492 e. The fourth-order valence-corrected chi connectivity index (χ4v) is 2.28. The predicted octanol–water partition coefficient (Wildman–Crippen LogP) is 2.56. The third kappa shape index (κ3) is 2.44. The molecule has 1 aromatic rings. The van der Waals surface area contributed by atoms with E-state index in [1.165, 1.54) is 17.5 Å². The van der Waals surface area contributed by atoms with Gasteiger partial charge in [0, 0.05) is 0 Å². The van der Waals surface area contributed by atoms with Gasteiger partial charge in [0.25, 0.3) is 0 Å². The molecule has 0 aliphatic carbocycles. The van der Waals surface area contributed by atoms with Gasteiger partial charge in [0.1, 0.15) is 5.75 Å². The fourth-order valence-electron chi connectivity index (χ4n) is 1.96. The number of rotatable bonds is 2. The average Bonchev–Trinajstić information content (AvgIpc) is 2.43. The molecule has 3 heteroatoms. The lowest BCUT2D eigenvalue weighted by Gasteiger charge is -2.11. The van der Waals surface area contributed by atoms with Gasteiger partial charge in [-0.1, -0.05) is 17.7 Å². The number of aryl methyl sites for hydroxylation is 1. The Kier molecular flexibility index (Phi) is 3.49. The molecule has 0 saturated heterocycles. The molecule has 0 aromatic heterocycles. The first-order valence-corrected chi connectivity index (χ1v) is 5.83. The van der Waals surface area contributed by atoms with Crippen LogP contribution in [0.4, 0.5) is 0 Å². The standard InChI is InChI=1S/C12H16ClNO/c13-11-8-9(4-5-14)7-10-3-1-2-6-15-12(10)11/h7-8H,1-6,14H2. The van der Waals surface area contributed by atoms with Crippen molar-refractivity contribution in [1.29, 1.82) is 0 Å². The zero-order valence-electron chi connectivity index (χ0n) is 8.76. The number of hydrogen-bond acceptors (Lipinski definition) is 2. The van der Waals surface area contributed by atoms with E-state index in [9.17, 15) is 0 Å². The number of benzene rings is 1. The monoisotopic (exact) mass is 225 g/mol. The number of fused-ring (bicyclic) bond motifs is 1. The quantitative estimate of drug-likeness (QED) is 0.840. The van der Waals surface area contributed by atoms with E-state index in [1.54, 1.807) is 0 Å². The molecular formula is C12H16ClNO. The summed E-state index contributed by atoms with van der Waals surface area (Å²) in [5, 5.41) is 0.734.